The summed E-state index contributed by atoms with van der Waals surface area (Å²) in [7, 11) is 1.57. The Morgan fingerprint density at radius 2 is 1.96 bits per heavy atom. The Kier molecular flexibility index (Phi) is 5.35. The Hall–Kier alpha value is -2.70. The topological polar surface area (TPSA) is 81.5 Å². The number of ether oxygens (including phenoxy) is 1. The van der Waals surface area contributed by atoms with Gasteiger partial charge >= 0.3 is 5.97 Å². The minimum atomic E-state index is -0.532. The third-order valence-corrected chi connectivity index (χ3v) is 4.73. The fourth-order valence-electron chi connectivity index (χ4n) is 3.46. The Morgan fingerprint density at radius 3 is 2.69 bits per heavy atom. The number of hydrogen-bond acceptors (Lipinski definition) is 5. The molecule has 0 bridgehead atoms. The number of hydrogen-bond donors (Lipinski definition) is 0. The molecule has 1 aliphatic heterocycles. The van der Waals surface area contributed by atoms with Crippen LogP contribution in [-0.4, -0.2) is 45.8 Å². The van der Waals surface area contributed by atoms with E-state index in [4.69, 9.17) is 4.74 Å². The van der Waals surface area contributed by atoms with Gasteiger partial charge in [-0.25, -0.2) is 9.48 Å². The highest BCUT2D eigenvalue weighted by molar-refractivity contribution is 5.90. The van der Waals surface area contributed by atoms with Crippen LogP contribution in [0.15, 0.2) is 29.1 Å². The first kappa shape index (κ1) is 18.1. The summed E-state index contributed by atoms with van der Waals surface area (Å²) >= 11 is 0. The molecule has 1 aliphatic rings. The van der Waals surface area contributed by atoms with Crippen molar-refractivity contribution in [2.24, 2.45) is 7.05 Å². The molecule has 2 heterocycles. The second-order valence-electron chi connectivity index (χ2n) is 6.45. The zero-order chi connectivity index (χ0) is 18.7. The van der Waals surface area contributed by atoms with Crippen LogP contribution in [0.1, 0.15) is 31.9 Å². The van der Waals surface area contributed by atoms with Gasteiger partial charge in [0.05, 0.1) is 24.1 Å². The fourth-order valence-corrected chi connectivity index (χ4v) is 3.46. The van der Waals surface area contributed by atoms with Crippen molar-refractivity contribution in [3.63, 3.8) is 0 Å². The molecule has 1 saturated heterocycles. The first-order valence-electron chi connectivity index (χ1n) is 8.94. The molecule has 1 fully saturated rings. The largest absolute Gasteiger partial charge is 0.464 e. The first-order chi connectivity index (χ1) is 12.5. The standard InChI is InChI=1S/C19H23N3O4/c1-3-26-19(25)16-10-6-7-11-22(16)17(23)12-15-13-8-4-5-9-14(13)18(24)21(2)20-15/h4-5,8-9,16H,3,6-7,10-12H2,1-2H3. The van der Waals surface area contributed by atoms with E-state index >= 15 is 0 Å². The van der Waals surface area contributed by atoms with Crippen molar-refractivity contribution in [3.8, 4) is 0 Å². The molecule has 1 amide bonds. The maximum Gasteiger partial charge on any atom is 0.328 e. The van der Waals surface area contributed by atoms with E-state index in [0.717, 1.165) is 12.8 Å². The molecular formula is C19H23N3O4. The summed E-state index contributed by atoms with van der Waals surface area (Å²) in [6, 6.07) is 6.60. The summed E-state index contributed by atoms with van der Waals surface area (Å²) in [5.74, 6) is -0.516. The highest BCUT2D eigenvalue weighted by atomic mass is 16.5. The Labute approximate surface area is 151 Å². The van der Waals surface area contributed by atoms with Crippen molar-refractivity contribution in [1.82, 2.24) is 14.7 Å². The predicted octanol–water partition coefficient (Wildman–Crippen LogP) is 1.42. The molecule has 0 aliphatic carbocycles. The molecule has 2 aromatic rings. The molecule has 0 saturated carbocycles. The van der Waals surface area contributed by atoms with Crippen molar-refractivity contribution in [2.45, 2.75) is 38.6 Å². The molecule has 138 valence electrons. The lowest BCUT2D eigenvalue weighted by atomic mass is 10.0. The molecule has 1 unspecified atom stereocenters. The highest BCUT2D eigenvalue weighted by Gasteiger charge is 2.33. The average Bonchev–Trinajstić information content (AvgIpc) is 2.66. The number of benzene rings is 1. The number of aromatic nitrogens is 2. The zero-order valence-electron chi connectivity index (χ0n) is 15.1. The molecule has 26 heavy (non-hydrogen) atoms. The summed E-state index contributed by atoms with van der Waals surface area (Å²) in [6.07, 6.45) is 2.42. The van der Waals surface area contributed by atoms with E-state index in [-0.39, 0.29) is 23.9 Å². The zero-order valence-corrected chi connectivity index (χ0v) is 15.1. The van der Waals surface area contributed by atoms with E-state index in [1.54, 1.807) is 37.1 Å². The van der Waals surface area contributed by atoms with Gasteiger partial charge in [-0.15, -0.1) is 0 Å². The van der Waals surface area contributed by atoms with Crippen LogP contribution in [-0.2, 0) is 27.8 Å². The number of carbonyl (C=O) groups excluding carboxylic acids is 2. The van der Waals surface area contributed by atoms with Crippen molar-refractivity contribution >= 4 is 22.6 Å². The monoisotopic (exact) mass is 357 g/mol. The van der Waals surface area contributed by atoms with E-state index in [2.05, 4.69) is 5.10 Å². The van der Waals surface area contributed by atoms with Crippen molar-refractivity contribution in [1.29, 1.82) is 0 Å². The van der Waals surface area contributed by atoms with Crippen LogP contribution in [0.4, 0.5) is 0 Å². The van der Waals surface area contributed by atoms with Gasteiger partial charge in [-0.2, -0.15) is 5.10 Å². The minimum Gasteiger partial charge on any atom is -0.464 e. The van der Waals surface area contributed by atoms with Crippen LogP contribution in [0, 0.1) is 0 Å². The van der Waals surface area contributed by atoms with Crippen molar-refractivity contribution in [2.75, 3.05) is 13.2 Å². The lowest BCUT2D eigenvalue weighted by Crippen LogP contribution is -2.49. The first-order valence-corrected chi connectivity index (χ1v) is 8.94. The molecule has 1 atom stereocenters. The number of piperidine rings is 1. The highest BCUT2D eigenvalue weighted by Crippen LogP contribution is 2.21. The fraction of sp³-hybridized carbons (Fsp3) is 0.474. The maximum atomic E-state index is 12.9. The van der Waals surface area contributed by atoms with E-state index in [1.165, 1.54) is 4.68 Å². The van der Waals surface area contributed by atoms with Crippen LogP contribution in [0.25, 0.3) is 10.8 Å². The normalized spacial score (nSPS) is 17.3. The van der Waals surface area contributed by atoms with Gasteiger partial charge in [0.15, 0.2) is 0 Å². The number of rotatable bonds is 4. The lowest BCUT2D eigenvalue weighted by molar-refractivity contribution is -0.156. The second-order valence-corrected chi connectivity index (χ2v) is 6.45. The van der Waals surface area contributed by atoms with Crippen LogP contribution in [0.3, 0.4) is 0 Å². The van der Waals surface area contributed by atoms with Gasteiger partial charge in [0, 0.05) is 19.0 Å². The Bertz CT molecular complexity index is 890. The molecular weight excluding hydrogens is 334 g/mol. The van der Waals surface area contributed by atoms with Crippen molar-refractivity contribution in [3.05, 3.63) is 40.3 Å². The van der Waals surface area contributed by atoms with Gasteiger partial charge in [-0.3, -0.25) is 9.59 Å². The van der Waals surface area contributed by atoms with Crippen LogP contribution >= 0.6 is 0 Å². The lowest BCUT2D eigenvalue weighted by Gasteiger charge is -2.34. The Balaban J connectivity index is 1.90. The number of carbonyl (C=O) groups is 2. The molecule has 0 radical (unpaired) electrons. The van der Waals surface area contributed by atoms with Gasteiger partial charge in [0.25, 0.3) is 5.56 Å². The third kappa shape index (κ3) is 3.47. The number of nitrogens with zero attached hydrogens (tertiary/aromatic N) is 3. The summed E-state index contributed by atoms with van der Waals surface area (Å²) in [6.45, 7) is 2.59. The molecule has 1 aromatic heterocycles. The SMILES string of the molecule is CCOC(=O)C1CCCCN1C(=O)Cc1nn(C)c(=O)c2ccccc12. The molecule has 7 heteroatoms. The number of amides is 1. The van der Waals surface area contributed by atoms with Gasteiger partial charge in [-0.1, -0.05) is 18.2 Å². The van der Waals surface area contributed by atoms with Crippen LogP contribution in [0.2, 0.25) is 0 Å². The smallest absolute Gasteiger partial charge is 0.328 e. The van der Waals surface area contributed by atoms with Crippen LogP contribution < -0.4 is 5.56 Å². The number of fused-ring (bicyclic) bond motifs is 1. The average molecular weight is 357 g/mol. The summed E-state index contributed by atoms with van der Waals surface area (Å²) in [4.78, 5) is 38.9. The van der Waals surface area contributed by atoms with Gasteiger partial charge in [-0.05, 0) is 32.3 Å². The number of likely N-dealkylation sites (tertiary alicyclic amines) is 1. The number of esters is 1. The van der Waals surface area contributed by atoms with E-state index < -0.39 is 6.04 Å². The quantitative estimate of drug-likeness (QED) is 0.773. The third-order valence-electron chi connectivity index (χ3n) is 4.73. The van der Waals surface area contributed by atoms with E-state index in [9.17, 15) is 14.4 Å². The van der Waals surface area contributed by atoms with Gasteiger partial charge in [0.1, 0.15) is 6.04 Å². The molecule has 1 aromatic carbocycles. The second kappa shape index (κ2) is 7.68. The van der Waals surface area contributed by atoms with E-state index in [0.29, 0.717) is 36.0 Å². The summed E-state index contributed by atoms with van der Waals surface area (Å²) < 4.78 is 6.38. The molecule has 3 rings (SSSR count). The molecule has 0 N–H and O–H groups in total. The summed E-state index contributed by atoms with van der Waals surface area (Å²) in [5.41, 5.74) is 0.347. The van der Waals surface area contributed by atoms with Crippen molar-refractivity contribution < 1.29 is 14.3 Å². The minimum absolute atomic E-state index is 0.0462. The Morgan fingerprint density at radius 1 is 1.23 bits per heavy atom. The van der Waals surface area contributed by atoms with E-state index in [1.807, 2.05) is 6.07 Å². The van der Waals surface area contributed by atoms with Crippen LogP contribution in [0.5, 0.6) is 0 Å². The number of aryl methyl sites for hydroxylation is 1. The van der Waals surface area contributed by atoms with Gasteiger partial charge < -0.3 is 9.64 Å². The summed E-state index contributed by atoms with van der Waals surface area (Å²) in [5, 5.41) is 5.49. The van der Waals surface area contributed by atoms with Gasteiger partial charge in [0.2, 0.25) is 5.91 Å². The molecule has 7 nitrogen and oxygen atoms in total. The molecule has 0 spiro atoms. The maximum absolute atomic E-state index is 12.9. The predicted molar refractivity (Wildman–Crippen MR) is 96.7 cm³/mol.